The Morgan fingerprint density at radius 2 is 2.25 bits per heavy atom. The predicted octanol–water partition coefficient (Wildman–Crippen LogP) is 1.90. The van der Waals surface area contributed by atoms with Crippen molar-refractivity contribution in [3.05, 3.63) is 27.1 Å². The second kappa shape index (κ2) is 5.36. The standard InChI is InChI=1S/C14H16N2O3S/c1-2-19-11(17)7-16-8-15-13-12(14(16)18)9-5-3-4-6-10(9)20-13/h8H,2-7H2,1H3. The second-order valence-corrected chi connectivity index (χ2v) is 5.96. The summed E-state index contributed by atoms with van der Waals surface area (Å²) < 4.78 is 6.23. The Morgan fingerprint density at radius 3 is 3.05 bits per heavy atom. The Morgan fingerprint density at radius 1 is 1.45 bits per heavy atom. The van der Waals surface area contributed by atoms with Crippen LogP contribution in [-0.2, 0) is 28.9 Å². The molecule has 0 saturated heterocycles. The molecular weight excluding hydrogens is 276 g/mol. The molecule has 2 aromatic heterocycles. The van der Waals surface area contributed by atoms with Gasteiger partial charge in [-0.2, -0.15) is 0 Å². The highest BCUT2D eigenvalue weighted by atomic mass is 32.1. The normalized spacial score (nSPS) is 14.2. The van der Waals surface area contributed by atoms with Gasteiger partial charge in [-0.05, 0) is 38.2 Å². The van der Waals surface area contributed by atoms with Crippen molar-refractivity contribution in [2.75, 3.05) is 6.61 Å². The molecule has 1 aliphatic rings. The van der Waals surface area contributed by atoms with E-state index in [1.165, 1.54) is 22.2 Å². The molecule has 0 aliphatic heterocycles. The number of rotatable bonds is 3. The van der Waals surface area contributed by atoms with Crippen LogP contribution in [0.4, 0.5) is 0 Å². The summed E-state index contributed by atoms with van der Waals surface area (Å²) in [6.07, 6.45) is 5.72. The van der Waals surface area contributed by atoms with Crippen molar-refractivity contribution in [2.45, 2.75) is 39.2 Å². The first-order valence-corrected chi connectivity index (χ1v) is 7.67. The first-order valence-electron chi connectivity index (χ1n) is 6.86. The maximum absolute atomic E-state index is 12.5. The third-order valence-electron chi connectivity index (χ3n) is 3.55. The average molecular weight is 292 g/mol. The highest BCUT2D eigenvalue weighted by Crippen LogP contribution is 2.33. The van der Waals surface area contributed by atoms with Crippen LogP contribution in [0.25, 0.3) is 10.2 Å². The molecule has 0 unspecified atom stereocenters. The fraction of sp³-hybridized carbons (Fsp3) is 0.500. The molecule has 0 fully saturated rings. The van der Waals surface area contributed by atoms with E-state index in [-0.39, 0.29) is 12.1 Å². The fourth-order valence-electron chi connectivity index (χ4n) is 2.64. The van der Waals surface area contributed by atoms with Gasteiger partial charge in [-0.25, -0.2) is 4.98 Å². The number of carbonyl (C=O) groups is 1. The number of hydrogen-bond donors (Lipinski definition) is 0. The van der Waals surface area contributed by atoms with E-state index in [9.17, 15) is 9.59 Å². The number of aromatic nitrogens is 2. The largest absolute Gasteiger partial charge is 0.465 e. The molecule has 5 nitrogen and oxygen atoms in total. The number of carbonyl (C=O) groups excluding carboxylic acids is 1. The van der Waals surface area contributed by atoms with Crippen LogP contribution in [-0.4, -0.2) is 22.1 Å². The zero-order chi connectivity index (χ0) is 14.1. The molecule has 0 amide bonds. The van der Waals surface area contributed by atoms with Crippen molar-refractivity contribution in [1.29, 1.82) is 0 Å². The third-order valence-corrected chi connectivity index (χ3v) is 4.75. The number of thiophene rings is 1. The minimum absolute atomic E-state index is 0.0692. The first-order chi connectivity index (χ1) is 9.70. The summed E-state index contributed by atoms with van der Waals surface area (Å²) in [7, 11) is 0. The molecule has 0 saturated carbocycles. The van der Waals surface area contributed by atoms with Crippen molar-refractivity contribution >= 4 is 27.5 Å². The van der Waals surface area contributed by atoms with Gasteiger partial charge in [-0.15, -0.1) is 11.3 Å². The molecule has 0 atom stereocenters. The molecule has 0 spiro atoms. The molecule has 1 aliphatic carbocycles. The Hall–Kier alpha value is -1.69. The lowest BCUT2D eigenvalue weighted by Crippen LogP contribution is -2.26. The molecule has 2 aromatic rings. The van der Waals surface area contributed by atoms with Crippen LogP contribution in [0.5, 0.6) is 0 Å². The summed E-state index contributed by atoms with van der Waals surface area (Å²) >= 11 is 1.61. The lowest BCUT2D eigenvalue weighted by molar-refractivity contribution is -0.143. The van der Waals surface area contributed by atoms with E-state index in [2.05, 4.69) is 4.98 Å². The van der Waals surface area contributed by atoms with Gasteiger partial charge >= 0.3 is 5.97 Å². The number of hydrogen-bond acceptors (Lipinski definition) is 5. The van der Waals surface area contributed by atoms with E-state index < -0.39 is 5.97 Å². The van der Waals surface area contributed by atoms with Gasteiger partial charge in [-0.1, -0.05) is 0 Å². The van der Waals surface area contributed by atoms with Crippen LogP contribution in [0, 0.1) is 0 Å². The Labute approximate surface area is 120 Å². The lowest BCUT2D eigenvalue weighted by atomic mass is 9.97. The fourth-order valence-corrected chi connectivity index (χ4v) is 3.86. The lowest BCUT2D eigenvalue weighted by Gasteiger charge is -2.10. The Bertz CT molecular complexity index is 717. The van der Waals surface area contributed by atoms with Crippen molar-refractivity contribution in [3.8, 4) is 0 Å². The molecule has 3 rings (SSSR count). The smallest absolute Gasteiger partial charge is 0.326 e. The number of fused-ring (bicyclic) bond motifs is 3. The first kappa shape index (κ1) is 13.3. The predicted molar refractivity (Wildman–Crippen MR) is 77.2 cm³/mol. The van der Waals surface area contributed by atoms with Crippen LogP contribution < -0.4 is 5.56 Å². The molecule has 20 heavy (non-hydrogen) atoms. The summed E-state index contributed by atoms with van der Waals surface area (Å²) in [6, 6.07) is 0. The molecular formula is C14H16N2O3S. The van der Waals surface area contributed by atoms with Crippen molar-refractivity contribution in [2.24, 2.45) is 0 Å². The zero-order valence-electron chi connectivity index (χ0n) is 11.3. The van der Waals surface area contributed by atoms with Gasteiger partial charge in [0.25, 0.3) is 5.56 Å². The number of nitrogens with zero attached hydrogens (tertiary/aromatic N) is 2. The maximum Gasteiger partial charge on any atom is 0.326 e. The van der Waals surface area contributed by atoms with E-state index in [1.54, 1.807) is 18.3 Å². The van der Waals surface area contributed by atoms with E-state index in [0.717, 1.165) is 29.7 Å². The van der Waals surface area contributed by atoms with Gasteiger partial charge in [0.2, 0.25) is 0 Å². The van der Waals surface area contributed by atoms with Gasteiger partial charge in [0.15, 0.2) is 0 Å². The minimum atomic E-state index is -0.403. The Balaban J connectivity index is 2.06. The summed E-state index contributed by atoms with van der Waals surface area (Å²) in [5, 5.41) is 0.705. The summed E-state index contributed by atoms with van der Waals surface area (Å²) in [5.74, 6) is -0.403. The Kier molecular flexibility index (Phi) is 3.56. The summed E-state index contributed by atoms with van der Waals surface area (Å²) in [4.78, 5) is 30.5. The van der Waals surface area contributed by atoms with E-state index in [0.29, 0.717) is 12.0 Å². The van der Waals surface area contributed by atoms with Crippen molar-refractivity contribution < 1.29 is 9.53 Å². The van der Waals surface area contributed by atoms with Crippen molar-refractivity contribution in [1.82, 2.24) is 9.55 Å². The maximum atomic E-state index is 12.5. The van der Waals surface area contributed by atoms with Crippen LogP contribution in [0.3, 0.4) is 0 Å². The number of ether oxygens (including phenoxy) is 1. The highest BCUT2D eigenvalue weighted by Gasteiger charge is 2.20. The molecule has 0 bridgehead atoms. The van der Waals surface area contributed by atoms with Gasteiger partial charge in [0.05, 0.1) is 18.3 Å². The van der Waals surface area contributed by atoms with Crippen LogP contribution in [0.15, 0.2) is 11.1 Å². The van der Waals surface area contributed by atoms with E-state index >= 15 is 0 Å². The summed E-state index contributed by atoms with van der Waals surface area (Å²) in [5.41, 5.74) is 1.02. The van der Waals surface area contributed by atoms with Crippen LogP contribution in [0.2, 0.25) is 0 Å². The van der Waals surface area contributed by atoms with Gasteiger partial charge in [0, 0.05) is 4.88 Å². The quantitative estimate of drug-likeness (QED) is 0.811. The molecule has 0 N–H and O–H groups in total. The molecule has 6 heteroatoms. The SMILES string of the molecule is CCOC(=O)Cn1cnc2sc3c(c2c1=O)CCCC3. The zero-order valence-corrected chi connectivity index (χ0v) is 12.2. The topological polar surface area (TPSA) is 61.2 Å². The monoisotopic (exact) mass is 292 g/mol. The molecule has 0 aromatic carbocycles. The van der Waals surface area contributed by atoms with Crippen molar-refractivity contribution in [3.63, 3.8) is 0 Å². The average Bonchev–Trinajstić information content (AvgIpc) is 2.81. The van der Waals surface area contributed by atoms with Gasteiger partial charge in [0.1, 0.15) is 11.4 Å². The highest BCUT2D eigenvalue weighted by molar-refractivity contribution is 7.18. The number of aryl methyl sites for hydroxylation is 2. The molecule has 2 heterocycles. The minimum Gasteiger partial charge on any atom is -0.465 e. The van der Waals surface area contributed by atoms with Gasteiger partial charge in [-0.3, -0.25) is 14.2 Å². The van der Waals surface area contributed by atoms with Crippen LogP contribution >= 0.6 is 11.3 Å². The van der Waals surface area contributed by atoms with Crippen LogP contribution in [0.1, 0.15) is 30.2 Å². The van der Waals surface area contributed by atoms with E-state index in [4.69, 9.17) is 4.74 Å². The molecule has 106 valence electrons. The number of esters is 1. The second-order valence-electron chi connectivity index (χ2n) is 4.87. The van der Waals surface area contributed by atoms with E-state index in [1.807, 2.05) is 0 Å². The molecule has 0 radical (unpaired) electrons. The third kappa shape index (κ3) is 2.24. The van der Waals surface area contributed by atoms with Gasteiger partial charge < -0.3 is 4.74 Å². The summed E-state index contributed by atoms with van der Waals surface area (Å²) in [6.45, 7) is 1.99.